The fourth-order valence-electron chi connectivity index (χ4n) is 2.76. The quantitative estimate of drug-likeness (QED) is 0.463. The number of hydrogen-bond donors (Lipinski definition) is 2. The average molecular weight is 402 g/mol. The smallest absolute Gasteiger partial charge is 0.188 e. The summed E-state index contributed by atoms with van der Waals surface area (Å²) >= 11 is 0. The number of guanidine groups is 1. The summed E-state index contributed by atoms with van der Waals surface area (Å²) in [5.74, 6) is 0.492. The first-order chi connectivity index (χ1) is 9.70. The van der Waals surface area contributed by atoms with Crippen LogP contribution in [-0.4, -0.2) is 30.5 Å². The molecular formula is C16H27IN4. The molecule has 0 saturated carbocycles. The van der Waals surface area contributed by atoms with Gasteiger partial charge in [-0.2, -0.15) is 0 Å². The number of benzene rings is 1. The summed E-state index contributed by atoms with van der Waals surface area (Å²) in [4.78, 5) is 6.52. The highest BCUT2D eigenvalue weighted by Crippen LogP contribution is 2.20. The van der Waals surface area contributed by atoms with Crippen molar-refractivity contribution in [2.45, 2.75) is 45.3 Å². The summed E-state index contributed by atoms with van der Waals surface area (Å²) < 4.78 is 0. The molecule has 3 N–H and O–H groups in total. The monoisotopic (exact) mass is 402 g/mol. The molecule has 1 unspecified atom stereocenters. The number of halogens is 1. The van der Waals surface area contributed by atoms with Crippen LogP contribution in [0.3, 0.4) is 0 Å². The first-order valence-corrected chi connectivity index (χ1v) is 7.47. The molecule has 118 valence electrons. The van der Waals surface area contributed by atoms with Crippen molar-refractivity contribution < 1.29 is 0 Å². The number of likely N-dealkylation sites (tertiary alicyclic amines) is 1. The zero-order chi connectivity index (χ0) is 14.4. The van der Waals surface area contributed by atoms with Gasteiger partial charge in [-0.15, -0.1) is 24.0 Å². The minimum Gasteiger partial charge on any atom is -0.370 e. The number of nitrogens with zero attached hydrogens (tertiary/aromatic N) is 2. The van der Waals surface area contributed by atoms with Crippen molar-refractivity contribution in [3.63, 3.8) is 0 Å². The van der Waals surface area contributed by atoms with Crippen molar-refractivity contribution in [3.05, 3.63) is 35.4 Å². The Morgan fingerprint density at radius 2 is 2.05 bits per heavy atom. The second kappa shape index (κ2) is 9.25. The minimum atomic E-state index is 0. The lowest BCUT2D eigenvalue weighted by atomic mass is 10.0. The van der Waals surface area contributed by atoms with E-state index in [1.165, 1.54) is 36.9 Å². The Morgan fingerprint density at radius 1 is 1.33 bits per heavy atom. The molecule has 5 heteroatoms. The van der Waals surface area contributed by atoms with Crippen LogP contribution in [0.4, 0.5) is 0 Å². The van der Waals surface area contributed by atoms with E-state index in [1.54, 1.807) is 7.05 Å². The van der Waals surface area contributed by atoms with Crippen molar-refractivity contribution in [2.75, 3.05) is 13.6 Å². The highest BCUT2D eigenvalue weighted by molar-refractivity contribution is 14.0. The summed E-state index contributed by atoms with van der Waals surface area (Å²) in [6.45, 7) is 5.31. The molecule has 0 bridgehead atoms. The molecule has 21 heavy (non-hydrogen) atoms. The normalized spacial score (nSPS) is 19.9. The van der Waals surface area contributed by atoms with Crippen LogP contribution in [0, 0.1) is 0 Å². The van der Waals surface area contributed by atoms with E-state index < -0.39 is 0 Å². The van der Waals surface area contributed by atoms with Gasteiger partial charge >= 0.3 is 0 Å². The molecule has 0 amide bonds. The Balaban J connectivity index is 0.00000220. The zero-order valence-corrected chi connectivity index (χ0v) is 15.3. The first kappa shape index (κ1) is 18.2. The Bertz CT molecular complexity index is 461. The summed E-state index contributed by atoms with van der Waals surface area (Å²) in [5, 5.41) is 3.15. The molecule has 1 heterocycles. The molecule has 0 spiro atoms. The van der Waals surface area contributed by atoms with Gasteiger partial charge in [-0.3, -0.25) is 9.89 Å². The van der Waals surface area contributed by atoms with Crippen LogP contribution < -0.4 is 11.1 Å². The van der Waals surface area contributed by atoms with E-state index in [4.69, 9.17) is 5.73 Å². The molecule has 1 saturated heterocycles. The number of nitrogens with two attached hydrogens (primary N) is 1. The Labute approximate surface area is 145 Å². The predicted molar refractivity (Wildman–Crippen MR) is 100.0 cm³/mol. The molecule has 1 aromatic carbocycles. The van der Waals surface area contributed by atoms with E-state index in [9.17, 15) is 0 Å². The highest BCUT2D eigenvalue weighted by atomic mass is 127. The van der Waals surface area contributed by atoms with E-state index in [-0.39, 0.29) is 24.0 Å². The molecule has 0 radical (unpaired) electrons. The maximum Gasteiger partial charge on any atom is 0.188 e. The van der Waals surface area contributed by atoms with Gasteiger partial charge in [-0.05, 0) is 37.4 Å². The van der Waals surface area contributed by atoms with Gasteiger partial charge in [0.1, 0.15) is 0 Å². The molecule has 2 rings (SSSR count). The molecule has 1 aliphatic heterocycles. The van der Waals surface area contributed by atoms with Crippen molar-refractivity contribution >= 4 is 29.9 Å². The molecule has 4 nitrogen and oxygen atoms in total. The largest absolute Gasteiger partial charge is 0.370 e. The SMILES string of the molecule is CN=C(N)NCc1ccccc1CN1CCCCC1C.I. The summed E-state index contributed by atoms with van der Waals surface area (Å²) in [7, 11) is 1.70. The lowest BCUT2D eigenvalue weighted by molar-refractivity contribution is 0.152. The van der Waals surface area contributed by atoms with Crippen LogP contribution in [0.25, 0.3) is 0 Å². The summed E-state index contributed by atoms with van der Waals surface area (Å²) in [5.41, 5.74) is 8.40. The lowest BCUT2D eigenvalue weighted by Gasteiger charge is -2.33. The van der Waals surface area contributed by atoms with Gasteiger partial charge in [0.25, 0.3) is 0 Å². The van der Waals surface area contributed by atoms with Crippen molar-refractivity contribution in [3.8, 4) is 0 Å². The second-order valence-corrected chi connectivity index (χ2v) is 5.55. The molecule has 1 atom stereocenters. The second-order valence-electron chi connectivity index (χ2n) is 5.55. The van der Waals surface area contributed by atoms with Gasteiger partial charge in [-0.25, -0.2) is 0 Å². The fraction of sp³-hybridized carbons (Fsp3) is 0.562. The van der Waals surface area contributed by atoms with Gasteiger partial charge in [0.2, 0.25) is 0 Å². The summed E-state index contributed by atoms with van der Waals surface area (Å²) in [6.07, 6.45) is 4.00. The van der Waals surface area contributed by atoms with E-state index in [2.05, 4.69) is 46.4 Å². The molecule has 1 fully saturated rings. The van der Waals surface area contributed by atoms with Gasteiger partial charge in [0, 0.05) is 26.2 Å². The predicted octanol–water partition coefficient (Wildman–Crippen LogP) is 2.71. The molecule has 0 aliphatic carbocycles. The van der Waals surface area contributed by atoms with E-state index in [0.717, 1.165) is 13.1 Å². The van der Waals surface area contributed by atoms with Crippen LogP contribution >= 0.6 is 24.0 Å². The Kier molecular flexibility index (Phi) is 8.03. The van der Waals surface area contributed by atoms with Crippen LogP contribution in [0.15, 0.2) is 29.3 Å². The molecular weight excluding hydrogens is 375 g/mol. The molecule has 1 aliphatic rings. The fourth-order valence-corrected chi connectivity index (χ4v) is 2.76. The van der Waals surface area contributed by atoms with Crippen LogP contribution in [0.5, 0.6) is 0 Å². The average Bonchev–Trinajstić information content (AvgIpc) is 2.48. The van der Waals surface area contributed by atoms with Crippen molar-refractivity contribution in [2.24, 2.45) is 10.7 Å². The maximum atomic E-state index is 5.71. The number of nitrogens with one attached hydrogen (secondary N) is 1. The van der Waals surface area contributed by atoms with Crippen LogP contribution in [0.1, 0.15) is 37.3 Å². The van der Waals surface area contributed by atoms with E-state index in [0.29, 0.717) is 12.0 Å². The Hall–Kier alpha value is -0.820. The third-order valence-electron chi connectivity index (χ3n) is 4.13. The molecule has 0 aromatic heterocycles. The van der Waals surface area contributed by atoms with E-state index >= 15 is 0 Å². The van der Waals surface area contributed by atoms with Crippen LogP contribution in [0.2, 0.25) is 0 Å². The zero-order valence-electron chi connectivity index (χ0n) is 13.0. The van der Waals surface area contributed by atoms with Crippen molar-refractivity contribution in [1.82, 2.24) is 10.2 Å². The first-order valence-electron chi connectivity index (χ1n) is 7.47. The van der Waals surface area contributed by atoms with Gasteiger partial charge in [-0.1, -0.05) is 30.7 Å². The minimum absolute atomic E-state index is 0. The third kappa shape index (κ3) is 5.47. The van der Waals surface area contributed by atoms with Crippen molar-refractivity contribution in [1.29, 1.82) is 0 Å². The standard InChI is InChI=1S/C16H26N4.HI/c1-13-7-5-6-10-20(13)12-15-9-4-3-8-14(15)11-19-16(17)18-2;/h3-4,8-9,13H,5-7,10-12H2,1-2H3,(H3,17,18,19);1H. The maximum absolute atomic E-state index is 5.71. The van der Waals surface area contributed by atoms with Crippen LogP contribution in [-0.2, 0) is 13.1 Å². The number of piperidine rings is 1. The third-order valence-corrected chi connectivity index (χ3v) is 4.13. The Morgan fingerprint density at radius 3 is 2.71 bits per heavy atom. The van der Waals surface area contributed by atoms with Gasteiger partial charge < -0.3 is 11.1 Å². The highest BCUT2D eigenvalue weighted by Gasteiger charge is 2.18. The molecule has 1 aromatic rings. The number of hydrogen-bond acceptors (Lipinski definition) is 2. The summed E-state index contributed by atoms with van der Waals surface area (Å²) in [6, 6.07) is 9.27. The van der Waals surface area contributed by atoms with E-state index in [1.807, 2.05) is 0 Å². The lowest BCUT2D eigenvalue weighted by Crippen LogP contribution is -2.37. The van der Waals surface area contributed by atoms with Gasteiger partial charge in [0.05, 0.1) is 0 Å². The number of rotatable bonds is 4. The topological polar surface area (TPSA) is 53.6 Å². The number of aliphatic imine (C=N–C) groups is 1. The van der Waals surface area contributed by atoms with Gasteiger partial charge in [0.15, 0.2) is 5.96 Å².